The fourth-order valence-corrected chi connectivity index (χ4v) is 0.936. The molecule has 0 fully saturated rings. The summed E-state index contributed by atoms with van der Waals surface area (Å²) in [5, 5.41) is 4.01. The van der Waals surface area contributed by atoms with Crippen molar-refractivity contribution in [1.29, 1.82) is 0 Å². The molecule has 2 nitrogen and oxygen atoms in total. The molecule has 1 rings (SSSR count). The SMILES string of the molecule is CC[N-]c1ccc(OC(F)(F)F)cc1. The third kappa shape index (κ3) is 3.55. The molecule has 0 radical (unpaired) electrons. The molecule has 78 valence electrons. The third-order valence-electron chi connectivity index (χ3n) is 1.41. The summed E-state index contributed by atoms with van der Waals surface area (Å²) in [6.45, 7) is 2.44. The van der Waals surface area contributed by atoms with E-state index in [0.717, 1.165) is 0 Å². The van der Waals surface area contributed by atoms with E-state index < -0.39 is 6.36 Å². The molecule has 1 aromatic rings. The van der Waals surface area contributed by atoms with Gasteiger partial charge in [0.1, 0.15) is 5.75 Å². The van der Waals surface area contributed by atoms with Crippen molar-refractivity contribution in [1.82, 2.24) is 0 Å². The van der Waals surface area contributed by atoms with Crippen molar-refractivity contribution in [3.63, 3.8) is 0 Å². The normalized spacial score (nSPS) is 11.1. The molecule has 0 unspecified atom stereocenters. The van der Waals surface area contributed by atoms with Crippen LogP contribution in [0.25, 0.3) is 5.32 Å². The Kier molecular flexibility index (Phi) is 3.22. The maximum absolute atomic E-state index is 11.7. The number of hydrogen-bond donors (Lipinski definition) is 0. The standard InChI is InChI=1S/C9H9F3NO/c1-2-13-7-3-5-8(6-4-7)14-9(10,11)12/h3-6H,2H2,1H3/q-1. The first kappa shape index (κ1) is 10.7. The van der Waals surface area contributed by atoms with Gasteiger partial charge in [-0.3, -0.25) is 0 Å². The second kappa shape index (κ2) is 4.21. The molecule has 0 N–H and O–H groups in total. The lowest BCUT2D eigenvalue weighted by molar-refractivity contribution is -0.274. The van der Waals surface area contributed by atoms with Crippen molar-refractivity contribution in [2.45, 2.75) is 13.3 Å². The van der Waals surface area contributed by atoms with Crippen molar-refractivity contribution in [2.75, 3.05) is 6.54 Å². The number of hydrogen-bond acceptors (Lipinski definition) is 1. The third-order valence-corrected chi connectivity index (χ3v) is 1.41. The highest BCUT2D eigenvalue weighted by Gasteiger charge is 2.30. The molecule has 0 saturated heterocycles. The van der Waals surface area contributed by atoms with Crippen LogP contribution in [0.3, 0.4) is 0 Å². The van der Waals surface area contributed by atoms with E-state index in [-0.39, 0.29) is 5.75 Å². The molecule has 0 aromatic heterocycles. The predicted octanol–water partition coefficient (Wildman–Crippen LogP) is 3.61. The summed E-state index contributed by atoms with van der Waals surface area (Å²) in [6.07, 6.45) is -4.64. The molecule has 0 atom stereocenters. The molecule has 14 heavy (non-hydrogen) atoms. The van der Waals surface area contributed by atoms with E-state index in [4.69, 9.17) is 0 Å². The van der Waals surface area contributed by atoms with Crippen molar-refractivity contribution in [3.05, 3.63) is 29.6 Å². The zero-order valence-corrected chi connectivity index (χ0v) is 7.51. The Bertz CT molecular complexity index is 281. The van der Waals surface area contributed by atoms with Crippen molar-refractivity contribution in [2.24, 2.45) is 0 Å². The number of alkyl halides is 3. The fraction of sp³-hybridized carbons (Fsp3) is 0.333. The Labute approximate surface area is 79.7 Å². The fourth-order valence-electron chi connectivity index (χ4n) is 0.936. The summed E-state index contributed by atoms with van der Waals surface area (Å²) in [5.41, 5.74) is 0.641. The van der Waals surface area contributed by atoms with Gasteiger partial charge in [0.25, 0.3) is 0 Å². The van der Waals surface area contributed by atoms with Gasteiger partial charge >= 0.3 is 6.36 Å². The van der Waals surface area contributed by atoms with Crippen molar-refractivity contribution in [3.8, 4) is 5.75 Å². The molecule has 0 saturated carbocycles. The molecule has 0 amide bonds. The van der Waals surface area contributed by atoms with Crippen LogP contribution in [0, 0.1) is 0 Å². The van der Waals surface area contributed by atoms with Gasteiger partial charge in [-0.25, -0.2) is 0 Å². The number of nitrogens with zero attached hydrogens (tertiary/aromatic N) is 1. The predicted molar refractivity (Wildman–Crippen MR) is 46.7 cm³/mol. The van der Waals surface area contributed by atoms with E-state index in [1.807, 2.05) is 6.92 Å². The molecule has 1 aromatic carbocycles. The van der Waals surface area contributed by atoms with Crippen LogP contribution in [0.1, 0.15) is 6.92 Å². The molecule has 0 heterocycles. The molecule has 0 aliphatic carbocycles. The lowest BCUT2D eigenvalue weighted by Gasteiger charge is -2.18. The van der Waals surface area contributed by atoms with Gasteiger partial charge in [-0.1, -0.05) is 19.1 Å². The van der Waals surface area contributed by atoms with Crippen LogP contribution >= 0.6 is 0 Å². The zero-order valence-electron chi connectivity index (χ0n) is 7.51. The van der Waals surface area contributed by atoms with Crippen LogP contribution in [0.15, 0.2) is 24.3 Å². The highest BCUT2D eigenvalue weighted by atomic mass is 19.4. The largest absolute Gasteiger partial charge is 0.685 e. The second-order valence-electron chi connectivity index (χ2n) is 2.52. The minimum absolute atomic E-state index is 0.229. The van der Waals surface area contributed by atoms with Gasteiger partial charge in [0.05, 0.1) is 0 Å². The molecular formula is C9H9F3NO-. The Morgan fingerprint density at radius 1 is 1.21 bits per heavy atom. The number of ether oxygens (including phenoxy) is 1. The lowest BCUT2D eigenvalue weighted by Crippen LogP contribution is -2.16. The van der Waals surface area contributed by atoms with Crippen LogP contribution in [-0.4, -0.2) is 12.9 Å². The summed E-state index contributed by atoms with van der Waals surface area (Å²) in [6, 6.07) is 5.43. The Morgan fingerprint density at radius 2 is 1.79 bits per heavy atom. The minimum atomic E-state index is -4.64. The van der Waals surface area contributed by atoms with Crippen molar-refractivity contribution < 1.29 is 17.9 Å². The first-order valence-electron chi connectivity index (χ1n) is 4.04. The highest BCUT2D eigenvalue weighted by Crippen LogP contribution is 2.26. The van der Waals surface area contributed by atoms with E-state index in [2.05, 4.69) is 10.1 Å². The Morgan fingerprint density at radius 3 is 2.21 bits per heavy atom. The Hall–Kier alpha value is -1.39. The van der Waals surface area contributed by atoms with Gasteiger partial charge in [-0.2, -0.15) is 0 Å². The van der Waals surface area contributed by atoms with E-state index in [0.29, 0.717) is 12.2 Å². The van der Waals surface area contributed by atoms with Gasteiger partial charge < -0.3 is 10.1 Å². The minimum Gasteiger partial charge on any atom is -0.685 e. The summed E-state index contributed by atoms with van der Waals surface area (Å²) < 4.78 is 38.9. The number of rotatable bonds is 3. The van der Waals surface area contributed by atoms with E-state index in [1.165, 1.54) is 24.3 Å². The van der Waals surface area contributed by atoms with E-state index in [9.17, 15) is 13.2 Å². The zero-order chi connectivity index (χ0) is 10.6. The Balaban J connectivity index is 2.64. The monoisotopic (exact) mass is 204 g/mol. The van der Waals surface area contributed by atoms with Gasteiger partial charge in [0, 0.05) is 0 Å². The lowest BCUT2D eigenvalue weighted by atomic mass is 10.3. The first-order chi connectivity index (χ1) is 6.51. The highest BCUT2D eigenvalue weighted by molar-refractivity contribution is 5.50. The summed E-state index contributed by atoms with van der Waals surface area (Å²) in [4.78, 5) is 0. The summed E-state index contributed by atoms with van der Waals surface area (Å²) in [5.74, 6) is -0.229. The molecule has 5 heteroatoms. The van der Waals surface area contributed by atoms with Gasteiger partial charge in [-0.15, -0.1) is 25.4 Å². The van der Waals surface area contributed by atoms with Crippen LogP contribution in [-0.2, 0) is 0 Å². The van der Waals surface area contributed by atoms with Crippen LogP contribution in [0.4, 0.5) is 18.9 Å². The number of halogens is 3. The van der Waals surface area contributed by atoms with E-state index in [1.54, 1.807) is 0 Å². The summed E-state index contributed by atoms with van der Waals surface area (Å²) >= 11 is 0. The van der Waals surface area contributed by atoms with Crippen molar-refractivity contribution >= 4 is 5.69 Å². The molecular weight excluding hydrogens is 195 g/mol. The van der Waals surface area contributed by atoms with Crippen LogP contribution in [0.2, 0.25) is 0 Å². The first-order valence-corrected chi connectivity index (χ1v) is 4.04. The molecule has 0 spiro atoms. The summed E-state index contributed by atoms with van der Waals surface area (Å²) in [7, 11) is 0. The van der Waals surface area contributed by atoms with Gasteiger partial charge in [0.2, 0.25) is 0 Å². The van der Waals surface area contributed by atoms with Crippen LogP contribution in [0.5, 0.6) is 5.75 Å². The maximum Gasteiger partial charge on any atom is 0.573 e. The average Bonchev–Trinajstić information content (AvgIpc) is 2.06. The molecule has 0 bridgehead atoms. The topological polar surface area (TPSA) is 23.3 Å². The van der Waals surface area contributed by atoms with Gasteiger partial charge in [-0.05, 0) is 12.1 Å². The van der Waals surface area contributed by atoms with E-state index >= 15 is 0 Å². The smallest absolute Gasteiger partial charge is 0.573 e. The van der Waals surface area contributed by atoms with Crippen LogP contribution < -0.4 is 4.74 Å². The maximum atomic E-state index is 11.7. The number of benzene rings is 1. The van der Waals surface area contributed by atoms with Gasteiger partial charge in [0.15, 0.2) is 0 Å². The average molecular weight is 204 g/mol. The molecule has 0 aliphatic heterocycles. The quantitative estimate of drug-likeness (QED) is 0.737. The second-order valence-corrected chi connectivity index (χ2v) is 2.52. The molecule has 0 aliphatic rings.